The Balaban J connectivity index is 1.40. The van der Waals surface area contributed by atoms with Crippen molar-refractivity contribution >= 4 is 49.8 Å². The fourth-order valence-corrected chi connectivity index (χ4v) is 5.86. The number of aromatic amines is 1. The lowest BCUT2D eigenvalue weighted by Crippen LogP contribution is -2.16. The standard InChI is InChI=1S/C20H17Cl2FN2O3S/c21-14-2-3-17(20-19(14)15(22)9-24-20)25-29(26,27)18-4-1-12(8-16(18)23)28-13-6-10-5-11(10)7-13/h1-4,8-11,13,24-25H,5-7H2/t10-,11+,13?. The van der Waals surface area contributed by atoms with E-state index in [1.54, 1.807) is 0 Å². The van der Waals surface area contributed by atoms with Crippen LogP contribution in [-0.4, -0.2) is 19.5 Å². The van der Waals surface area contributed by atoms with Gasteiger partial charge in [0.1, 0.15) is 16.5 Å². The summed E-state index contributed by atoms with van der Waals surface area (Å²) in [5.41, 5.74) is 0.646. The minimum atomic E-state index is -4.17. The summed E-state index contributed by atoms with van der Waals surface area (Å²) >= 11 is 12.2. The fourth-order valence-electron chi connectivity index (χ4n) is 4.17. The zero-order chi connectivity index (χ0) is 20.3. The van der Waals surface area contributed by atoms with E-state index in [4.69, 9.17) is 27.9 Å². The van der Waals surface area contributed by atoms with E-state index in [-0.39, 0.29) is 11.8 Å². The lowest BCUT2D eigenvalue weighted by Gasteiger charge is -2.16. The number of sulfonamides is 1. The Bertz CT molecular complexity index is 1220. The summed E-state index contributed by atoms with van der Waals surface area (Å²) in [7, 11) is -4.17. The van der Waals surface area contributed by atoms with Crippen molar-refractivity contribution in [1.82, 2.24) is 4.98 Å². The second-order valence-corrected chi connectivity index (χ2v) is 10.1. The normalized spacial score (nSPS) is 23.2. The Kier molecular flexibility index (Phi) is 4.46. The average molecular weight is 455 g/mol. The molecule has 1 aromatic heterocycles. The average Bonchev–Trinajstić information content (AvgIpc) is 3.06. The number of H-pyrrole nitrogens is 1. The van der Waals surface area contributed by atoms with Crippen LogP contribution in [0.2, 0.25) is 10.0 Å². The molecule has 1 unspecified atom stereocenters. The SMILES string of the molecule is O=S(=O)(Nc1ccc(Cl)c2c(Cl)c[nH]c12)c1ccc(OC2C[C@@H]3C[C@@H]3C2)cc1F. The van der Waals surface area contributed by atoms with E-state index in [0.29, 0.717) is 26.7 Å². The first kappa shape index (κ1) is 19.0. The van der Waals surface area contributed by atoms with Crippen LogP contribution in [0.3, 0.4) is 0 Å². The highest BCUT2D eigenvalue weighted by atomic mass is 35.5. The zero-order valence-corrected chi connectivity index (χ0v) is 17.4. The van der Waals surface area contributed by atoms with Crippen molar-refractivity contribution in [2.75, 3.05) is 4.72 Å². The van der Waals surface area contributed by atoms with Crippen molar-refractivity contribution in [3.05, 3.63) is 52.4 Å². The maximum absolute atomic E-state index is 14.6. The molecule has 0 radical (unpaired) electrons. The second-order valence-electron chi connectivity index (χ2n) is 7.65. The molecule has 0 aliphatic heterocycles. The van der Waals surface area contributed by atoms with Gasteiger partial charge in [-0.3, -0.25) is 4.72 Å². The van der Waals surface area contributed by atoms with Gasteiger partial charge in [-0.15, -0.1) is 0 Å². The molecule has 152 valence electrons. The molecule has 2 N–H and O–H groups in total. The van der Waals surface area contributed by atoms with Crippen LogP contribution in [0.15, 0.2) is 41.4 Å². The van der Waals surface area contributed by atoms with E-state index < -0.39 is 20.7 Å². The molecule has 9 heteroatoms. The van der Waals surface area contributed by atoms with Crippen LogP contribution in [0.5, 0.6) is 5.75 Å². The van der Waals surface area contributed by atoms with Crippen LogP contribution in [0, 0.1) is 17.7 Å². The number of halogens is 3. The number of nitrogens with one attached hydrogen (secondary N) is 2. The Morgan fingerprint density at radius 2 is 1.83 bits per heavy atom. The van der Waals surface area contributed by atoms with E-state index in [9.17, 15) is 12.8 Å². The summed E-state index contributed by atoms with van der Waals surface area (Å²) in [6, 6.07) is 6.86. The molecule has 5 nitrogen and oxygen atoms in total. The molecule has 0 bridgehead atoms. The molecule has 2 aliphatic carbocycles. The topological polar surface area (TPSA) is 71.2 Å². The first-order chi connectivity index (χ1) is 13.8. The lowest BCUT2D eigenvalue weighted by molar-refractivity contribution is 0.193. The Labute approximate surface area is 177 Å². The maximum atomic E-state index is 14.6. The summed E-state index contributed by atoms with van der Waals surface area (Å²) in [5, 5.41) is 1.24. The molecule has 0 saturated heterocycles. The van der Waals surface area contributed by atoms with Crippen LogP contribution in [0.4, 0.5) is 10.1 Å². The Morgan fingerprint density at radius 1 is 1.07 bits per heavy atom. The summed E-state index contributed by atoms with van der Waals surface area (Å²) in [4.78, 5) is 2.43. The lowest BCUT2D eigenvalue weighted by atomic mass is 10.2. The van der Waals surface area contributed by atoms with Crippen LogP contribution in [-0.2, 0) is 10.0 Å². The van der Waals surface area contributed by atoms with Gasteiger partial charge >= 0.3 is 0 Å². The minimum Gasteiger partial charge on any atom is -0.490 e. The van der Waals surface area contributed by atoms with Crippen LogP contribution >= 0.6 is 23.2 Å². The second kappa shape index (κ2) is 6.79. The van der Waals surface area contributed by atoms with Crippen LogP contribution < -0.4 is 9.46 Å². The summed E-state index contributed by atoms with van der Waals surface area (Å²) < 4.78 is 48.5. The van der Waals surface area contributed by atoms with Gasteiger partial charge in [-0.25, -0.2) is 12.8 Å². The van der Waals surface area contributed by atoms with Crippen molar-refractivity contribution in [1.29, 1.82) is 0 Å². The van der Waals surface area contributed by atoms with Crippen molar-refractivity contribution < 1.29 is 17.5 Å². The van der Waals surface area contributed by atoms with Crippen LogP contribution in [0.25, 0.3) is 10.9 Å². The molecule has 1 heterocycles. The van der Waals surface area contributed by atoms with Gasteiger partial charge in [-0.05, 0) is 55.4 Å². The number of rotatable bonds is 5. The maximum Gasteiger partial charge on any atom is 0.264 e. The molecule has 2 aromatic carbocycles. The van der Waals surface area contributed by atoms with E-state index in [1.165, 1.54) is 36.9 Å². The molecule has 3 atom stereocenters. The number of fused-ring (bicyclic) bond motifs is 2. The third-order valence-electron chi connectivity index (χ3n) is 5.68. The van der Waals surface area contributed by atoms with Gasteiger partial charge < -0.3 is 9.72 Å². The van der Waals surface area contributed by atoms with E-state index >= 15 is 0 Å². The molecule has 0 amide bonds. The van der Waals surface area contributed by atoms with Crippen molar-refractivity contribution in [3.63, 3.8) is 0 Å². The molecule has 0 spiro atoms. The van der Waals surface area contributed by atoms with E-state index in [1.807, 2.05) is 0 Å². The van der Waals surface area contributed by atoms with Crippen molar-refractivity contribution in [3.8, 4) is 5.75 Å². The predicted octanol–water partition coefficient (Wildman–Crippen LogP) is 5.59. The van der Waals surface area contributed by atoms with E-state index in [2.05, 4.69) is 9.71 Å². The van der Waals surface area contributed by atoms with Gasteiger partial charge in [0.05, 0.1) is 27.4 Å². The predicted molar refractivity (Wildman–Crippen MR) is 111 cm³/mol. The van der Waals surface area contributed by atoms with Gasteiger partial charge in [0.25, 0.3) is 10.0 Å². The molecular weight excluding hydrogens is 438 g/mol. The largest absolute Gasteiger partial charge is 0.490 e. The summed E-state index contributed by atoms with van der Waals surface area (Å²) in [6.45, 7) is 0. The third-order valence-corrected chi connectivity index (χ3v) is 7.69. The number of hydrogen-bond donors (Lipinski definition) is 2. The molecule has 5 rings (SSSR count). The quantitative estimate of drug-likeness (QED) is 0.527. The molecule has 2 aliphatic rings. The van der Waals surface area contributed by atoms with Crippen LogP contribution in [0.1, 0.15) is 19.3 Å². The van der Waals surface area contributed by atoms with Gasteiger partial charge in [-0.2, -0.15) is 0 Å². The minimum absolute atomic E-state index is 0.0821. The third kappa shape index (κ3) is 3.45. The highest BCUT2D eigenvalue weighted by molar-refractivity contribution is 7.92. The smallest absolute Gasteiger partial charge is 0.264 e. The van der Waals surface area contributed by atoms with Gasteiger partial charge in [-0.1, -0.05) is 23.2 Å². The first-order valence-electron chi connectivity index (χ1n) is 9.26. The van der Waals surface area contributed by atoms with Crippen molar-refractivity contribution in [2.45, 2.75) is 30.3 Å². The Morgan fingerprint density at radius 3 is 2.55 bits per heavy atom. The molecular formula is C20H17Cl2FN2O3S. The number of hydrogen-bond acceptors (Lipinski definition) is 3. The zero-order valence-electron chi connectivity index (χ0n) is 15.1. The van der Waals surface area contributed by atoms with Gasteiger partial charge in [0.2, 0.25) is 0 Å². The fraction of sp³-hybridized carbons (Fsp3) is 0.300. The monoisotopic (exact) mass is 454 g/mol. The Hall–Kier alpha value is -1.96. The summed E-state index contributed by atoms with van der Waals surface area (Å²) in [5.74, 6) is 0.962. The first-order valence-corrected chi connectivity index (χ1v) is 11.5. The van der Waals surface area contributed by atoms with E-state index in [0.717, 1.165) is 30.7 Å². The van der Waals surface area contributed by atoms with Gasteiger partial charge in [0, 0.05) is 17.6 Å². The highest BCUT2D eigenvalue weighted by Crippen LogP contribution is 2.52. The molecule has 29 heavy (non-hydrogen) atoms. The number of aromatic nitrogens is 1. The molecule has 2 saturated carbocycles. The number of benzene rings is 2. The van der Waals surface area contributed by atoms with Gasteiger partial charge in [0.15, 0.2) is 0 Å². The molecule has 2 fully saturated rings. The number of anilines is 1. The highest BCUT2D eigenvalue weighted by Gasteiger charge is 2.46. The summed E-state index contributed by atoms with van der Waals surface area (Å²) in [6.07, 6.45) is 4.83. The molecule has 3 aromatic rings. The number of ether oxygens (including phenoxy) is 1. The van der Waals surface area contributed by atoms with Crippen molar-refractivity contribution in [2.24, 2.45) is 11.8 Å².